The van der Waals surface area contributed by atoms with Gasteiger partial charge in [-0.3, -0.25) is 9.89 Å². The Kier molecular flexibility index (Phi) is 5.03. The summed E-state index contributed by atoms with van der Waals surface area (Å²) >= 11 is 0. The fourth-order valence-electron chi connectivity index (χ4n) is 3.84. The van der Waals surface area contributed by atoms with Gasteiger partial charge in [0.25, 0.3) is 5.91 Å². The highest BCUT2D eigenvalue weighted by Gasteiger charge is 2.31. The van der Waals surface area contributed by atoms with Crippen LogP contribution >= 0.6 is 0 Å². The average molecular weight is 442 g/mol. The van der Waals surface area contributed by atoms with Crippen LogP contribution in [0.15, 0.2) is 47.5 Å². The van der Waals surface area contributed by atoms with E-state index in [0.29, 0.717) is 43.4 Å². The third-order valence-corrected chi connectivity index (χ3v) is 7.47. The van der Waals surface area contributed by atoms with E-state index in [1.807, 2.05) is 6.07 Å². The topological polar surface area (TPSA) is 105 Å². The molecule has 0 saturated carbocycles. The van der Waals surface area contributed by atoms with Crippen molar-refractivity contribution in [1.29, 1.82) is 0 Å². The zero-order valence-corrected chi connectivity index (χ0v) is 17.6. The van der Waals surface area contributed by atoms with Gasteiger partial charge in [-0.2, -0.15) is 9.40 Å². The number of hydrogen-bond donors (Lipinski definition) is 1. The Morgan fingerprint density at radius 1 is 0.968 bits per heavy atom. The summed E-state index contributed by atoms with van der Waals surface area (Å²) in [6.45, 7) is 2.14. The molecule has 1 fully saturated rings. The van der Waals surface area contributed by atoms with Crippen molar-refractivity contribution in [3.05, 3.63) is 48.2 Å². The van der Waals surface area contributed by atoms with Gasteiger partial charge in [0.1, 0.15) is 0 Å². The molecule has 0 radical (unpaired) electrons. The molecule has 2 aliphatic rings. The van der Waals surface area contributed by atoms with Crippen molar-refractivity contribution in [3.63, 3.8) is 0 Å². The van der Waals surface area contributed by atoms with Crippen molar-refractivity contribution in [1.82, 2.24) is 19.4 Å². The van der Waals surface area contributed by atoms with E-state index >= 15 is 0 Å². The molecular weight excluding hydrogens is 420 g/mol. The minimum Gasteiger partial charge on any atom is -0.490 e. The summed E-state index contributed by atoms with van der Waals surface area (Å²) in [5.74, 6) is 0.881. The molecule has 2 aliphatic heterocycles. The van der Waals surface area contributed by atoms with Crippen LogP contribution in [0.3, 0.4) is 0 Å². The predicted molar refractivity (Wildman–Crippen MR) is 113 cm³/mol. The highest BCUT2D eigenvalue weighted by Crippen LogP contribution is 2.33. The summed E-state index contributed by atoms with van der Waals surface area (Å²) in [4.78, 5) is 14.7. The number of fused-ring (bicyclic) bond motifs is 2. The number of amides is 1. The van der Waals surface area contributed by atoms with E-state index < -0.39 is 10.0 Å². The first-order valence-corrected chi connectivity index (χ1v) is 11.6. The van der Waals surface area contributed by atoms with E-state index in [-0.39, 0.29) is 23.9 Å². The molecule has 0 aliphatic carbocycles. The van der Waals surface area contributed by atoms with Crippen LogP contribution in [0.25, 0.3) is 10.9 Å². The smallest absolute Gasteiger partial charge is 0.254 e. The van der Waals surface area contributed by atoms with Crippen LogP contribution in [0.4, 0.5) is 0 Å². The molecule has 31 heavy (non-hydrogen) atoms. The second kappa shape index (κ2) is 7.86. The monoisotopic (exact) mass is 442 g/mol. The maximum absolute atomic E-state index is 13.1. The molecule has 3 aromatic rings. The third-order valence-electron chi connectivity index (χ3n) is 5.57. The summed E-state index contributed by atoms with van der Waals surface area (Å²) in [6, 6.07) is 10.1. The van der Waals surface area contributed by atoms with Crippen molar-refractivity contribution >= 4 is 26.8 Å². The number of carbonyl (C=O) groups is 1. The summed E-state index contributed by atoms with van der Waals surface area (Å²) in [7, 11) is -3.70. The highest BCUT2D eigenvalue weighted by atomic mass is 32.2. The number of rotatable bonds is 3. The molecule has 1 N–H and O–H groups in total. The zero-order valence-electron chi connectivity index (χ0n) is 16.8. The Bertz CT molecular complexity index is 1230. The first kappa shape index (κ1) is 19.8. The lowest BCUT2D eigenvalue weighted by Gasteiger charge is -2.34. The molecule has 1 saturated heterocycles. The quantitative estimate of drug-likeness (QED) is 0.664. The van der Waals surface area contributed by atoms with Crippen LogP contribution in [0.2, 0.25) is 0 Å². The number of H-pyrrole nitrogens is 1. The molecule has 162 valence electrons. The van der Waals surface area contributed by atoms with E-state index in [0.717, 1.165) is 17.3 Å². The van der Waals surface area contributed by atoms with E-state index in [4.69, 9.17) is 9.47 Å². The number of piperazine rings is 1. The number of benzene rings is 2. The average Bonchev–Trinajstić information content (AvgIpc) is 3.14. The summed E-state index contributed by atoms with van der Waals surface area (Å²) in [5, 5.41) is 7.77. The fraction of sp³-hybridized carbons (Fsp3) is 0.333. The lowest BCUT2D eigenvalue weighted by Crippen LogP contribution is -2.50. The number of aromatic nitrogens is 2. The van der Waals surface area contributed by atoms with Crippen LogP contribution in [0.5, 0.6) is 11.5 Å². The van der Waals surface area contributed by atoms with Gasteiger partial charge < -0.3 is 14.4 Å². The normalized spacial score (nSPS) is 17.5. The zero-order chi connectivity index (χ0) is 21.4. The molecule has 5 rings (SSSR count). The molecule has 3 heterocycles. The van der Waals surface area contributed by atoms with Gasteiger partial charge in [-0.15, -0.1) is 0 Å². The first-order chi connectivity index (χ1) is 15.0. The summed E-state index contributed by atoms with van der Waals surface area (Å²) < 4.78 is 38.9. The van der Waals surface area contributed by atoms with Crippen molar-refractivity contribution in [2.75, 3.05) is 39.4 Å². The maximum Gasteiger partial charge on any atom is 0.254 e. The van der Waals surface area contributed by atoms with Gasteiger partial charge in [0.15, 0.2) is 11.5 Å². The van der Waals surface area contributed by atoms with Gasteiger partial charge in [0.2, 0.25) is 10.0 Å². The predicted octanol–water partition coefficient (Wildman–Crippen LogP) is 1.87. The summed E-state index contributed by atoms with van der Waals surface area (Å²) in [6.07, 6.45) is 2.45. The fourth-order valence-corrected chi connectivity index (χ4v) is 5.28. The highest BCUT2D eigenvalue weighted by molar-refractivity contribution is 7.89. The minimum atomic E-state index is -3.70. The Balaban J connectivity index is 1.29. The number of nitrogens with one attached hydrogen (secondary N) is 1. The van der Waals surface area contributed by atoms with Crippen molar-refractivity contribution in [2.24, 2.45) is 0 Å². The Hall–Kier alpha value is -3.11. The van der Waals surface area contributed by atoms with Crippen LogP contribution in [-0.4, -0.2) is 73.1 Å². The molecule has 0 bridgehead atoms. The number of ether oxygens (including phenoxy) is 2. The molecule has 2 aromatic carbocycles. The molecule has 0 unspecified atom stereocenters. The Morgan fingerprint density at radius 2 is 1.74 bits per heavy atom. The van der Waals surface area contributed by atoms with Crippen molar-refractivity contribution in [3.8, 4) is 11.5 Å². The lowest BCUT2D eigenvalue weighted by molar-refractivity contribution is 0.0698. The molecule has 9 nitrogen and oxygen atoms in total. The number of hydrogen-bond acceptors (Lipinski definition) is 6. The molecule has 0 atom stereocenters. The molecule has 1 amide bonds. The van der Waals surface area contributed by atoms with Crippen LogP contribution in [0, 0.1) is 0 Å². The Labute approximate surface area is 179 Å². The molecule has 10 heteroatoms. The van der Waals surface area contributed by atoms with Crippen molar-refractivity contribution in [2.45, 2.75) is 11.3 Å². The van der Waals surface area contributed by atoms with Crippen LogP contribution in [0.1, 0.15) is 16.8 Å². The first-order valence-electron chi connectivity index (χ1n) is 10.1. The largest absolute Gasteiger partial charge is 0.490 e. The van der Waals surface area contributed by atoms with Crippen molar-refractivity contribution < 1.29 is 22.7 Å². The molecule has 0 spiro atoms. The molecule has 1 aromatic heterocycles. The van der Waals surface area contributed by atoms with E-state index in [9.17, 15) is 13.2 Å². The minimum absolute atomic E-state index is 0.121. The third kappa shape index (κ3) is 3.72. The lowest BCUT2D eigenvalue weighted by atomic mass is 10.1. The molecular formula is C21H22N4O5S. The van der Waals surface area contributed by atoms with Gasteiger partial charge in [-0.25, -0.2) is 8.42 Å². The van der Waals surface area contributed by atoms with Gasteiger partial charge >= 0.3 is 0 Å². The Morgan fingerprint density at radius 3 is 2.55 bits per heavy atom. The SMILES string of the molecule is O=C(c1ccc2cn[nH]c2c1)N1CCN(S(=O)(=O)c2ccc3c(c2)OCCCO3)CC1. The number of aromatic amines is 1. The number of carbonyl (C=O) groups excluding carboxylic acids is 1. The summed E-state index contributed by atoms with van der Waals surface area (Å²) in [5.41, 5.74) is 1.34. The van der Waals surface area contributed by atoms with E-state index in [1.54, 1.807) is 35.4 Å². The van der Waals surface area contributed by atoms with Gasteiger partial charge in [0.05, 0.1) is 29.8 Å². The van der Waals surface area contributed by atoms with Gasteiger partial charge in [0, 0.05) is 49.6 Å². The second-order valence-corrected chi connectivity index (χ2v) is 9.47. The number of nitrogens with zero attached hydrogens (tertiary/aromatic N) is 3. The standard InChI is InChI=1S/C21H22N4O5S/c26-21(15-2-3-16-14-22-23-18(16)12-15)24-6-8-25(9-7-24)31(27,28)17-4-5-19-20(13-17)30-11-1-10-29-19/h2-5,12-14H,1,6-11H2,(H,22,23). The van der Waals surface area contributed by atoms with Crippen LogP contribution < -0.4 is 9.47 Å². The maximum atomic E-state index is 13.1. The number of sulfonamides is 1. The van der Waals surface area contributed by atoms with Crippen LogP contribution in [-0.2, 0) is 10.0 Å². The van der Waals surface area contributed by atoms with Gasteiger partial charge in [-0.05, 0) is 24.3 Å². The van der Waals surface area contributed by atoms with Gasteiger partial charge in [-0.1, -0.05) is 6.07 Å². The van der Waals surface area contributed by atoms with E-state index in [1.165, 1.54) is 10.4 Å². The van der Waals surface area contributed by atoms with E-state index in [2.05, 4.69) is 10.2 Å². The second-order valence-electron chi connectivity index (χ2n) is 7.53.